The first-order valence-electron chi connectivity index (χ1n) is 13.6. The predicted molar refractivity (Wildman–Crippen MR) is 161 cm³/mol. The van der Waals surface area contributed by atoms with Gasteiger partial charge in [-0.05, 0) is 60.3 Å². The van der Waals surface area contributed by atoms with Crippen LogP contribution < -0.4 is 20.1 Å². The molecule has 2 N–H and O–H groups in total. The minimum Gasteiger partial charge on any atom is -0.478 e. The molecule has 1 amide bonds. The number of azide groups is 1. The maximum atomic E-state index is 13.1. The molecule has 10 nitrogen and oxygen atoms in total. The second-order valence-electron chi connectivity index (χ2n) is 10.3. The number of aromatic carboxylic acids is 1. The Morgan fingerprint density at radius 2 is 1.78 bits per heavy atom. The van der Waals surface area contributed by atoms with Gasteiger partial charge in [-0.15, -0.1) is 0 Å². The Labute approximate surface area is 238 Å². The summed E-state index contributed by atoms with van der Waals surface area (Å²) < 4.78 is 8.35. The summed E-state index contributed by atoms with van der Waals surface area (Å²) in [7, 11) is 7.78. The number of anilines is 1. The Balaban J connectivity index is 1.78. The first kappa shape index (κ1) is 29.2. The quantitative estimate of drug-likeness (QED) is 0.0620. The number of fused-ring (bicyclic) bond motifs is 2. The summed E-state index contributed by atoms with van der Waals surface area (Å²) in [6.45, 7) is 0.970. The van der Waals surface area contributed by atoms with E-state index < -0.39 is 5.97 Å². The average Bonchev–Trinajstić information content (AvgIpc) is 2.96. The fourth-order valence-corrected chi connectivity index (χ4v) is 4.80. The van der Waals surface area contributed by atoms with Crippen LogP contribution in [-0.4, -0.2) is 58.3 Å². The molecule has 0 saturated heterocycles. The molecule has 2 aromatic carbocycles. The molecule has 0 saturated carbocycles. The lowest BCUT2D eigenvalue weighted by Gasteiger charge is -2.19. The molecule has 41 heavy (non-hydrogen) atoms. The summed E-state index contributed by atoms with van der Waals surface area (Å²) in [5.74, 6) is -0.734. The number of carboxylic acid groups (broad SMARTS) is 1. The smallest absolute Gasteiger partial charge is 0.336 e. The normalized spacial score (nSPS) is 10.8. The van der Waals surface area contributed by atoms with Crippen LogP contribution in [0, 0.1) is 0 Å². The highest BCUT2D eigenvalue weighted by Crippen LogP contribution is 2.42. The van der Waals surface area contributed by atoms with E-state index in [0.29, 0.717) is 41.1 Å². The number of unbranched alkanes of at least 4 members (excludes halogenated alkanes) is 3. The number of hydrogen-bond donors (Lipinski definition) is 2. The van der Waals surface area contributed by atoms with Crippen molar-refractivity contribution in [1.29, 1.82) is 0 Å². The van der Waals surface area contributed by atoms with Crippen LogP contribution in [0.5, 0.6) is 0 Å². The van der Waals surface area contributed by atoms with Gasteiger partial charge in [0.05, 0.1) is 11.6 Å². The number of rotatable bonds is 11. The lowest BCUT2D eigenvalue weighted by Crippen LogP contribution is -2.24. The molecule has 1 heterocycles. The van der Waals surface area contributed by atoms with E-state index in [4.69, 9.17) is 9.95 Å². The molecule has 0 aromatic heterocycles. The highest BCUT2D eigenvalue weighted by Gasteiger charge is 2.23. The van der Waals surface area contributed by atoms with Gasteiger partial charge in [-0.2, -0.15) is 0 Å². The first-order valence-corrected chi connectivity index (χ1v) is 13.6. The molecule has 0 unspecified atom stereocenters. The molecule has 2 aromatic rings. The van der Waals surface area contributed by atoms with E-state index in [0.717, 1.165) is 47.7 Å². The van der Waals surface area contributed by atoms with Gasteiger partial charge >= 0.3 is 5.97 Å². The van der Waals surface area contributed by atoms with Gasteiger partial charge < -0.3 is 19.7 Å². The third-order valence-electron chi connectivity index (χ3n) is 7.04. The van der Waals surface area contributed by atoms with Crippen LogP contribution in [0.2, 0.25) is 0 Å². The number of hydrogen-bond acceptors (Lipinski definition) is 5. The summed E-state index contributed by atoms with van der Waals surface area (Å²) in [4.78, 5) is 30.2. The molecule has 1 aliphatic heterocycles. The largest absolute Gasteiger partial charge is 0.478 e. The number of carbonyl (C=O) groups excluding carboxylic acids is 1. The average molecular weight is 556 g/mol. The van der Waals surface area contributed by atoms with Crippen LogP contribution in [0.1, 0.15) is 46.4 Å². The number of carboxylic acids is 1. The van der Waals surface area contributed by atoms with Gasteiger partial charge in [0.1, 0.15) is 25.4 Å². The van der Waals surface area contributed by atoms with Crippen LogP contribution in [-0.2, 0) is 0 Å². The molecule has 0 atom stereocenters. The molecule has 0 radical (unpaired) electrons. The van der Waals surface area contributed by atoms with Gasteiger partial charge in [0.2, 0.25) is 5.36 Å². The third-order valence-corrected chi connectivity index (χ3v) is 7.04. The number of amides is 1. The van der Waals surface area contributed by atoms with Crippen molar-refractivity contribution in [2.24, 2.45) is 5.11 Å². The molecule has 2 aliphatic rings. The second kappa shape index (κ2) is 13.0. The Hall–Kier alpha value is -4.82. The van der Waals surface area contributed by atoms with E-state index in [2.05, 4.69) is 15.3 Å². The molecular formula is C31H35N6O4+. The molecule has 0 fully saturated rings. The summed E-state index contributed by atoms with van der Waals surface area (Å²) in [5.41, 5.74) is 12.3. The van der Waals surface area contributed by atoms with Crippen molar-refractivity contribution in [3.05, 3.63) is 81.5 Å². The molecule has 0 spiro atoms. The maximum absolute atomic E-state index is 13.1. The van der Waals surface area contributed by atoms with E-state index in [1.807, 2.05) is 74.1 Å². The zero-order chi connectivity index (χ0) is 29.5. The van der Waals surface area contributed by atoms with Gasteiger partial charge in [-0.1, -0.05) is 18.0 Å². The van der Waals surface area contributed by atoms with Gasteiger partial charge in [-0.25, -0.2) is 9.37 Å². The number of benzene rings is 3. The zero-order valence-corrected chi connectivity index (χ0v) is 23.8. The van der Waals surface area contributed by atoms with Crippen molar-refractivity contribution in [2.45, 2.75) is 25.7 Å². The van der Waals surface area contributed by atoms with Crippen molar-refractivity contribution >= 4 is 28.5 Å². The fourth-order valence-electron chi connectivity index (χ4n) is 4.80. The van der Waals surface area contributed by atoms with E-state index in [-0.39, 0.29) is 11.5 Å². The van der Waals surface area contributed by atoms with Crippen molar-refractivity contribution in [1.82, 2.24) is 9.89 Å². The highest BCUT2D eigenvalue weighted by atomic mass is 16.4. The van der Waals surface area contributed by atoms with Crippen molar-refractivity contribution in [2.75, 3.05) is 46.2 Å². The van der Waals surface area contributed by atoms with Gasteiger partial charge in [0.15, 0.2) is 0 Å². The zero-order valence-electron chi connectivity index (χ0n) is 23.8. The van der Waals surface area contributed by atoms with Gasteiger partial charge in [0, 0.05) is 72.0 Å². The Kier molecular flexibility index (Phi) is 9.26. The molecular weight excluding hydrogens is 520 g/mol. The number of carbonyl (C=O) groups is 2. The number of nitrogens with zero attached hydrogens (tertiary/aromatic N) is 5. The Morgan fingerprint density at radius 3 is 2.49 bits per heavy atom. The highest BCUT2D eigenvalue weighted by molar-refractivity contribution is 6.09. The standard InChI is InChI=1S/C31H34N6O4/c1-36(2)21-10-13-24-27(18-21)41-28-19-22(37(3)4)11-14-25(28)29(24)26-17-20(9-12-23(26)31(39)40)30(38)33-15-7-5-6-8-16-34-35-32/h9-14,17-19H,5-8,15-16H2,1-4H3,(H-,33,38,39,40)/p+1. The predicted octanol–water partition coefficient (Wildman–Crippen LogP) is 5.60. The SMILES string of the molecule is CN(C)c1ccc2c(-c3cc(C(=O)NCCCCCCN=[N+]=[N-])ccc3C(=O)O)c3ccc(=[N+](C)C)cc-3oc2c1. The molecule has 0 bridgehead atoms. The molecule has 10 heteroatoms. The summed E-state index contributed by atoms with van der Waals surface area (Å²) in [5, 5.41) is 18.3. The van der Waals surface area contributed by atoms with Crippen molar-refractivity contribution < 1.29 is 19.1 Å². The minimum atomic E-state index is -1.08. The lowest BCUT2D eigenvalue weighted by molar-refractivity contribution is 0.0697. The molecule has 4 rings (SSSR count). The second-order valence-corrected chi connectivity index (χ2v) is 10.3. The van der Waals surface area contributed by atoms with Gasteiger partial charge in [0.25, 0.3) is 5.91 Å². The van der Waals surface area contributed by atoms with Gasteiger partial charge in [-0.3, -0.25) is 4.79 Å². The van der Waals surface area contributed by atoms with Crippen LogP contribution in [0.3, 0.4) is 0 Å². The summed E-state index contributed by atoms with van der Waals surface area (Å²) in [6.07, 6.45) is 3.42. The van der Waals surface area contributed by atoms with E-state index in [1.54, 1.807) is 12.1 Å². The van der Waals surface area contributed by atoms with E-state index in [9.17, 15) is 14.7 Å². The van der Waals surface area contributed by atoms with Crippen LogP contribution in [0.25, 0.3) is 43.9 Å². The maximum Gasteiger partial charge on any atom is 0.336 e. The minimum absolute atomic E-state index is 0.101. The lowest BCUT2D eigenvalue weighted by atomic mass is 9.89. The molecule has 212 valence electrons. The number of nitrogens with one attached hydrogen (secondary N) is 1. The topological polar surface area (TPSA) is 135 Å². The van der Waals surface area contributed by atoms with Crippen LogP contribution in [0.15, 0.2) is 64.1 Å². The van der Waals surface area contributed by atoms with E-state index in [1.165, 1.54) is 6.07 Å². The van der Waals surface area contributed by atoms with Crippen molar-refractivity contribution in [3.8, 4) is 22.5 Å². The summed E-state index contributed by atoms with van der Waals surface area (Å²) >= 11 is 0. The van der Waals surface area contributed by atoms with Crippen LogP contribution >= 0.6 is 0 Å². The van der Waals surface area contributed by atoms with Crippen LogP contribution in [0.4, 0.5) is 5.69 Å². The summed E-state index contributed by atoms with van der Waals surface area (Å²) in [6, 6.07) is 16.4. The van der Waals surface area contributed by atoms with E-state index >= 15 is 0 Å². The Morgan fingerprint density at radius 1 is 1.00 bits per heavy atom. The first-order chi connectivity index (χ1) is 19.7. The molecule has 1 aliphatic carbocycles. The fraction of sp³-hybridized carbons (Fsp3) is 0.323. The third kappa shape index (κ3) is 6.67. The van der Waals surface area contributed by atoms with Crippen molar-refractivity contribution in [3.63, 3.8) is 0 Å². The monoisotopic (exact) mass is 555 g/mol. The Bertz CT molecular complexity index is 1680.